The summed E-state index contributed by atoms with van der Waals surface area (Å²) in [4.78, 5) is 0. The number of nitrogens with one attached hydrogen (secondary N) is 1. The van der Waals surface area contributed by atoms with Gasteiger partial charge >= 0.3 is 0 Å². The SMILES string of the molecule is CCCOc1ccc2c(ccn2CCNCCC(C)C)c1. The Labute approximate surface area is 128 Å². The molecule has 2 rings (SSSR count). The minimum atomic E-state index is 0.770. The summed E-state index contributed by atoms with van der Waals surface area (Å²) in [7, 11) is 0. The standard InChI is InChI=1S/C18H28N2O/c1-4-13-21-17-5-6-18-16(14-17)8-11-20(18)12-10-19-9-7-15(2)3/h5-6,8,11,14-15,19H,4,7,9-10,12-13H2,1-3H3. The number of hydrogen-bond acceptors (Lipinski definition) is 2. The quantitative estimate of drug-likeness (QED) is 0.704. The van der Waals surface area contributed by atoms with Gasteiger partial charge in [-0.25, -0.2) is 0 Å². The van der Waals surface area contributed by atoms with Gasteiger partial charge in [0, 0.05) is 30.2 Å². The van der Waals surface area contributed by atoms with Crippen LogP contribution in [-0.2, 0) is 6.54 Å². The van der Waals surface area contributed by atoms with Gasteiger partial charge in [-0.1, -0.05) is 20.8 Å². The Hall–Kier alpha value is -1.48. The maximum Gasteiger partial charge on any atom is 0.120 e. The second-order valence-corrected chi connectivity index (χ2v) is 6.01. The summed E-state index contributed by atoms with van der Waals surface area (Å²) in [5.41, 5.74) is 1.28. The fourth-order valence-electron chi connectivity index (χ4n) is 2.40. The lowest BCUT2D eigenvalue weighted by Gasteiger charge is -2.09. The van der Waals surface area contributed by atoms with Gasteiger partial charge < -0.3 is 14.6 Å². The maximum absolute atomic E-state index is 5.69. The molecule has 0 aliphatic heterocycles. The Morgan fingerprint density at radius 1 is 1.19 bits per heavy atom. The van der Waals surface area contributed by atoms with Gasteiger partial charge in [-0.2, -0.15) is 0 Å². The van der Waals surface area contributed by atoms with Crippen LogP contribution in [0, 0.1) is 5.92 Å². The first-order valence-electron chi connectivity index (χ1n) is 8.13. The number of hydrogen-bond donors (Lipinski definition) is 1. The first-order chi connectivity index (χ1) is 10.2. The largest absolute Gasteiger partial charge is 0.494 e. The average molecular weight is 288 g/mol. The minimum Gasteiger partial charge on any atom is -0.494 e. The minimum absolute atomic E-state index is 0.770. The molecule has 0 unspecified atom stereocenters. The Kier molecular flexibility index (Phi) is 6.12. The van der Waals surface area contributed by atoms with Crippen LogP contribution in [0.4, 0.5) is 0 Å². The van der Waals surface area contributed by atoms with Gasteiger partial charge in [0.1, 0.15) is 5.75 Å². The molecule has 0 bridgehead atoms. The first-order valence-corrected chi connectivity index (χ1v) is 8.13. The van der Waals surface area contributed by atoms with Gasteiger partial charge in [0.2, 0.25) is 0 Å². The molecule has 0 radical (unpaired) electrons. The maximum atomic E-state index is 5.69. The number of benzene rings is 1. The van der Waals surface area contributed by atoms with Gasteiger partial charge in [0.15, 0.2) is 0 Å². The lowest BCUT2D eigenvalue weighted by Crippen LogP contribution is -2.21. The van der Waals surface area contributed by atoms with Crippen LogP contribution in [0.1, 0.15) is 33.6 Å². The van der Waals surface area contributed by atoms with Gasteiger partial charge in [0.25, 0.3) is 0 Å². The van der Waals surface area contributed by atoms with Crippen LogP contribution in [0.25, 0.3) is 10.9 Å². The van der Waals surface area contributed by atoms with Gasteiger partial charge in [-0.3, -0.25) is 0 Å². The number of aromatic nitrogens is 1. The number of rotatable bonds is 9. The van der Waals surface area contributed by atoms with Crippen molar-refractivity contribution >= 4 is 10.9 Å². The lowest BCUT2D eigenvalue weighted by molar-refractivity contribution is 0.318. The highest BCUT2D eigenvalue weighted by Crippen LogP contribution is 2.22. The molecule has 2 aromatic rings. The zero-order chi connectivity index (χ0) is 15.1. The average Bonchev–Trinajstić information content (AvgIpc) is 2.87. The van der Waals surface area contributed by atoms with Crippen molar-refractivity contribution < 1.29 is 4.74 Å². The summed E-state index contributed by atoms with van der Waals surface area (Å²) in [6.45, 7) is 10.6. The molecule has 0 saturated carbocycles. The van der Waals surface area contributed by atoms with Crippen LogP contribution in [-0.4, -0.2) is 24.3 Å². The summed E-state index contributed by atoms with van der Waals surface area (Å²) in [5.74, 6) is 1.74. The van der Waals surface area contributed by atoms with E-state index in [1.54, 1.807) is 0 Å². The molecule has 0 amide bonds. The van der Waals surface area contributed by atoms with Crippen molar-refractivity contribution in [2.45, 2.75) is 40.2 Å². The molecule has 1 N–H and O–H groups in total. The Morgan fingerprint density at radius 3 is 2.81 bits per heavy atom. The lowest BCUT2D eigenvalue weighted by atomic mass is 10.1. The van der Waals surface area contributed by atoms with E-state index in [0.717, 1.165) is 44.3 Å². The number of nitrogens with zero attached hydrogens (tertiary/aromatic N) is 1. The van der Waals surface area contributed by atoms with Gasteiger partial charge in [0.05, 0.1) is 6.61 Å². The van der Waals surface area contributed by atoms with Crippen molar-refractivity contribution in [3.8, 4) is 5.75 Å². The van der Waals surface area contributed by atoms with E-state index in [-0.39, 0.29) is 0 Å². The van der Waals surface area contributed by atoms with Crippen LogP contribution in [0.2, 0.25) is 0 Å². The predicted molar refractivity (Wildman–Crippen MR) is 90.0 cm³/mol. The van der Waals surface area contributed by atoms with Crippen LogP contribution < -0.4 is 10.1 Å². The van der Waals surface area contributed by atoms with Crippen molar-refractivity contribution in [2.75, 3.05) is 19.7 Å². The number of fused-ring (bicyclic) bond motifs is 1. The van der Waals surface area contributed by atoms with Crippen LogP contribution >= 0.6 is 0 Å². The molecule has 0 aliphatic rings. The smallest absolute Gasteiger partial charge is 0.120 e. The van der Waals surface area contributed by atoms with Crippen molar-refractivity contribution in [3.63, 3.8) is 0 Å². The van der Waals surface area contributed by atoms with E-state index in [2.05, 4.69) is 61.1 Å². The van der Waals surface area contributed by atoms with Crippen molar-refractivity contribution in [1.82, 2.24) is 9.88 Å². The van der Waals surface area contributed by atoms with Crippen molar-refractivity contribution in [2.24, 2.45) is 5.92 Å². The Balaban J connectivity index is 1.89. The highest BCUT2D eigenvalue weighted by Gasteiger charge is 2.03. The van der Waals surface area contributed by atoms with E-state index in [4.69, 9.17) is 4.74 Å². The van der Waals surface area contributed by atoms with Crippen LogP contribution in [0.15, 0.2) is 30.5 Å². The molecule has 3 heteroatoms. The second-order valence-electron chi connectivity index (χ2n) is 6.01. The van der Waals surface area contributed by atoms with Crippen molar-refractivity contribution in [1.29, 1.82) is 0 Å². The Bertz CT molecular complexity index is 545. The first kappa shape index (κ1) is 15.9. The highest BCUT2D eigenvalue weighted by atomic mass is 16.5. The molecule has 3 nitrogen and oxygen atoms in total. The molecule has 1 heterocycles. The zero-order valence-electron chi connectivity index (χ0n) is 13.6. The molecule has 0 aliphatic carbocycles. The summed E-state index contributed by atoms with van der Waals surface area (Å²) >= 11 is 0. The van der Waals surface area contributed by atoms with Crippen LogP contribution in [0.3, 0.4) is 0 Å². The predicted octanol–water partition coefficient (Wildman–Crippen LogP) is 4.07. The Morgan fingerprint density at radius 2 is 2.05 bits per heavy atom. The van der Waals surface area contributed by atoms with E-state index in [1.165, 1.54) is 17.3 Å². The third kappa shape index (κ3) is 4.78. The molecule has 116 valence electrons. The molecule has 0 atom stereocenters. The normalized spacial score (nSPS) is 11.4. The molecule has 1 aromatic heterocycles. The topological polar surface area (TPSA) is 26.2 Å². The van der Waals surface area contributed by atoms with E-state index in [0.29, 0.717) is 0 Å². The monoisotopic (exact) mass is 288 g/mol. The summed E-state index contributed by atoms with van der Waals surface area (Å²) in [6.07, 6.45) is 4.45. The fraction of sp³-hybridized carbons (Fsp3) is 0.556. The molecule has 0 fully saturated rings. The van der Waals surface area contributed by atoms with Crippen molar-refractivity contribution in [3.05, 3.63) is 30.5 Å². The van der Waals surface area contributed by atoms with E-state index >= 15 is 0 Å². The molecular weight excluding hydrogens is 260 g/mol. The number of ether oxygens (including phenoxy) is 1. The summed E-state index contributed by atoms with van der Waals surface area (Å²) < 4.78 is 7.99. The fourth-order valence-corrected chi connectivity index (χ4v) is 2.40. The third-order valence-electron chi connectivity index (χ3n) is 3.64. The molecule has 0 spiro atoms. The summed E-state index contributed by atoms with van der Waals surface area (Å²) in [5, 5.41) is 4.77. The highest BCUT2D eigenvalue weighted by molar-refractivity contribution is 5.81. The molecule has 1 aromatic carbocycles. The van der Waals surface area contributed by atoms with Gasteiger partial charge in [-0.05, 0) is 49.6 Å². The van der Waals surface area contributed by atoms with E-state index in [1.807, 2.05) is 0 Å². The second kappa shape index (κ2) is 8.08. The van der Waals surface area contributed by atoms with E-state index < -0.39 is 0 Å². The van der Waals surface area contributed by atoms with Gasteiger partial charge in [-0.15, -0.1) is 0 Å². The van der Waals surface area contributed by atoms with Crippen LogP contribution in [0.5, 0.6) is 5.75 Å². The molecular formula is C18H28N2O. The third-order valence-corrected chi connectivity index (χ3v) is 3.64. The summed E-state index contributed by atoms with van der Waals surface area (Å²) in [6, 6.07) is 8.53. The van der Waals surface area contributed by atoms with E-state index in [9.17, 15) is 0 Å². The molecule has 0 saturated heterocycles. The molecule has 21 heavy (non-hydrogen) atoms. The zero-order valence-corrected chi connectivity index (χ0v) is 13.6.